The molecule has 204 valence electrons. The number of nitrogens with zero attached hydrogens (tertiary/aromatic N) is 3. The Morgan fingerprint density at radius 3 is 2.62 bits per heavy atom. The van der Waals surface area contributed by atoms with Crippen molar-refractivity contribution >= 4 is 35.5 Å². The molecule has 5 rings (SSSR count). The third-order valence-corrected chi connectivity index (χ3v) is 6.68. The third kappa shape index (κ3) is 6.32. The number of carbonyl (C=O) groups is 2. The summed E-state index contributed by atoms with van der Waals surface area (Å²) in [5.74, 6) is -0.486. The molecule has 1 aromatic heterocycles. The van der Waals surface area contributed by atoms with Crippen molar-refractivity contribution in [2.24, 2.45) is 5.73 Å². The summed E-state index contributed by atoms with van der Waals surface area (Å²) in [5, 5.41) is 9.74. The SMILES string of the molecule is Cl.NCCCn1cnc2cccc(-c3cccc(O[C@H]4C[C@@H](C(=O)O)N(C(=O)OCc5ccccc5)C4)c3)c21. The Labute approximate surface area is 232 Å². The number of aromatic nitrogens is 2. The Balaban J connectivity index is 0.00000353. The van der Waals surface area contributed by atoms with Gasteiger partial charge in [-0.15, -0.1) is 12.4 Å². The van der Waals surface area contributed by atoms with Crippen LogP contribution in [0.2, 0.25) is 0 Å². The number of para-hydroxylation sites is 1. The van der Waals surface area contributed by atoms with Crippen molar-refractivity contribution in [2.45, 2.75) is 38.1 Å². The van der Waals surface area contributed by atoms with E-state index in [1.165, 1.54) is 4.90 Å². The molecule has 0 radical (unpaired) electrons. The van der Waals surface area contributed by atoms with Crippen LogP contribution in [0.5, 0.6) is 5.75 Å². The van der Waals surface area contributed by atoms with Crippen LogP contribution in [0.25, 0.3) is 22.2 Å². The van der Waals surface area contributed by atoms with Crippen molar-refractivity contribution in [3.05, 3.63) is 84.7 Å². The van der Waals surface area contributed by atoms with Gasteiger partial charge < -0.3 is 24.9 Å². The topological polar surface area (TPSA) is 120 Å². The first-order valence-electron chi connectivity index (χ1n) is 12.6. The van der Waals surface area contributed by atoms with Gasteiger partial charge in [0.1, 0.15) is 24.5 Å². The van der Waals surface area contributed by atoms with E-state index in [0.29, 0.717) is 12.3 Å². The van der Waals surface area contributed by atoms with Gasteiger partial charge in [-0.05, 0) is 42.3 Å². The number of hydrogen-bond acceptors (Lipinski definition) is 6. The van der Waals surface area contributed by atoms with E-state index in [9.17, 15) is 14.7 Å². The lowest BCUT2D eigenvalue weighted by Gasteiger charge is -2.20. The summed E-state index contributed by atoms with van der Waals surface area (Å²) in [6.07, 6.45) is 1.70. The van der Waals surface area contributed by atoms with Crippen molar-refractivity contribution < 1.29 is 24.2 Å². The minimum absolute atomic E-state index is 0. The van der Waals surface area contributed by atoms with Crippen molar-refractivity contribution in [3.8, 4) is 16.9 Å². The second-order valence-electron chi connectivity index (χ2n) is 9.30. The molecule has 3 N–H and O–H groups in total. The quantitative estimate of drug-likeness (QED) is 0.309. The molecule has 0 bridgehead atoms. The number of carboxylic acids is 1. The van der Waals surface area contributed by atoms with Crippen LogP contribution in [0.1, 0.15) is 18.4 Å². The van der Waals surface area contributed by atoms with Crippen LogP contribution in [-0.4, -0.2) is 56.9 Å². The zero-order valence-electron chi connectivity index (χ0n) is 21.3. The van der Waals surface area contributed by atoms with E-state index in [0.717, 1.165) is 40.7 Å². The van der Waals surface area contributed by atoms with E-state index < -0.39 is 24.2 Å². The average Bonchev–Trinajstić information content (AvgIpc) is 3.56. The summed E-state index contributed by atoms with van der Waals surface area (Å²) in [6.45, 7) is 1.56. The number of amides is 1. The molecule has 1 amide bonds. The number of halogens is 1. The molecular weight excluding hydrogens is 520 g/mol. The van der Waals surface area contributed by atoms with Crippen molar-refractivity contribution in [2.75, 3.05) is 13.1 Å². The Hall–Kier alpha value is -4.08. The summed E-state index contributed by atoms with van der Waals surface area (Å²) in [6, 6.07) is 21.9. The number of fused-ring (bicyclic) bond motifs is 1. The fourth-order valence-electron chi connectivity index (χ4n) is 4.84. The molecule has 10 heteroatoms. The number of likely N-dealkylation sites (tertiary alicyclic amines) is 1. The van der Waals surface area contributed by atoms with Gasteiger partial charge in [0.25, 0.3) is 0 Å². The van der Waals surface area contributed by atoms with Gasteiger partial charge in [0, 0.05) is 18.5 Å². The number of rotatable bonds is 9. The molecule has 1 aliphatic heterocycles. The predicted octanol–water partition coefficient (Wildman–Crippen LogP) is 4.72. The van der Waals surface area contributed by atoms with Crippen LogP contribution in [0.3, 0.4) is 0 Å². The highest BCUT2D eigenvalue weighted by Gasteiger charge is 2.41. The monoisotopic (exact) mass is 550 g/mol. The minimum atomic E-state index is -1.08. The lowest BCUT2D eigenvalue weighted by Crippen LogP contribution is -2.40. The van der Waals surface area contributed by atoms with Crippen molar-refractivity contribution in [1.82, 2.24) is 14.5 Å². The van der Waals surface area contributed by atoms with Gasteiger partial charge in [-0.25, -0.2) is 14.6 Å². The molecule has 0 spiro atoms. The summed E-state index contributed by atoms with van der Waals surface area (Å²) >= 11 is 0. The van der Waals surface area contributed by atoms with Crippen LogP contribution in [-0.2, 0) is 22.7 Å². The number of aliphatic carboxylic acids is 1. The number of imidazole rings is 1. The standard InChI is InChI=1S/C29H30N4O5.ClH/c30-13-6-14-32-19-31-25-12-5-11-24(27(25)32)21-9-4-10-22(15-21)38-23-16-26(28(34)35)33(17-23)29(36)37-18-20-7-2-1-3-8-20;/h1-5,7-12,15,19,23,26H,6,13-14,16-18,30H2,(H,34,35);1H/t23-,26-;/m0./s1. The zero-order valence-corrected chi connectivity index (χ0v) is 22.1. The molecule has 0 saturated carbocycles. The van der Waals surface area contributed by atoms with Crippen LogP contribution >= 0.6 is 12.4 Å². The summed E-state index contributed by atoms with van der Waals surface area (Å²) in [7, 11) is 0. The summed E-state index contributed by atoms with van der Waals surface area (Å²) in [5.41, 5.74) is 10.4. The first-order chi connectivity index (χ1) is 18.5. The fraction of sp³-hybridized carbons (Fsp3) is 0.276. The van der Waals surface area contributed by atoms with E-state index in [-0.39, 0.29) is 32.0 Å². The second kappa shape index (κ2) is 12.6. The lowest BCUT2D eigenvalue weighted by molar-refractivity contribution is -0.141. The number of carboxylic acid groups (broad SMARTS) is 1. The molecule has 9 nitrogen and oxygen atoms in total. The minimum Gasteiger partial charge on any atom is -0.488 e. The number of aryl methyl sites for hydroxylation is 1. The normalized spacial score (nSPS) is 16.6. The first-order valence-corrected chi connectivity index (χ1v) is 12.6. The van der Waals surface area contributed by atoms with E-state index >= 15 is 0 Å². The van der Waals surface area contributed by atoms with Crippen LogP contribution in [0.4, 0.5) is 4.79 Å². The zero-order chi connectivity index (χ0) is 26.5. The van der Waals surface area contributed by atoms with Gasteiger partial charge in [0.15, 0.2) is 0 Å². The molecule has 39 heavy (non-hydrogen) atoms. The van der Waals surface area contributed by atoms with E-state index in [4.69, 9.17) is 15.2 Å². The predicted molar refractivity (Wildman–Crippen MR) is 150 cm³/mol. The number of carbonyl (C=O) groups excluding carboxylic acids is 1. The Morgan fingerprint density at radius 2 is 1.85 bits per heavy atom. The fourth-order valence-corrected chi connectivity index (χ4v) is 4.84. The maximum atomic E-state index is 12.7. The largest absolute Gasteiger partial charge is 0.488 e. The molecule has 3 aromatic carbocycles. The highest BCUT2D eigenvalue weighted by molar-refractivity contribution is 5.92. The molecule has 0 aliphatic carbocycles. The molecule has 4 aromatic rings. The third-order valence-electron chi connectivity index (χ3n) is 6.68. The number of benzene rings is 3. The molecule has 1 fully saturated rings. The number of nitrogens with two attached hydrogens (primary N) is 1. The van der Waals surface area contributed by atoms with Gasteiger partial charge in [0.2, 0.25) is 0 Å². The highest BCUT2D eigenvalue weighted by atomic mass is 35.5. The summed E-state index contributed by atoms with van der Waals surface area (Å²) in [4.78, 5) is 30.4. The van der Waals surface area contributed by atoms with Crippen LogP contribution in [0.15, 0.2) is 79.1 Å². The smallest absolute Gasteiger partial charge is 0.410 e. The molecule has 0 unspecified atom stereocenters. The van der Waals surface area contributed by atoms with Crippen molar-refractivity contribution in [1.29, 1.82) is 0 Å². The van der Waals surface area contributed by atoms with E-state index in [1.807, 2.05) is 79.1 Å². The number of ether oxygens (including phenoxy) is 2. The maximum Gasteiger partial charge on any atom is 0.410 e. The van der Waals surface area contributed by atoms with Crippen molar-refractivity contribution in [3.63, 3.8) is 0 Å². The molecule has 1 aliphatic rings. The Bertz CT molecular complexity index is 1430. The number of hydrogen-bond donors (Lipinski definition) is 2. The van der Waals surface area contributed by atoms with Gasteiger partial charge in [-0.3, -0.25) is 4.90 Å². The highest BCUT2D eigenvalue weighted by Crippen LogP contribution is 2.32. The van der Waals surface area contributed by atoms with Crippen LogP contribution < -0.4 is 10.5 Å². The van der Waals surface area contributed by atoms with Gasteiger partial charge in [-0.1, -0.05) is 54.6 Å². The molecule has 1 saturated heterocycles. The van der Waals surface area contributed by atoms with Gasteiger partial charge in [-0.2, -0.15) is 0 Å². The first kappa shape index (κ1) is 27.9. The molecule has 2 heterocycles. The summed E-state index contributed by atoms with van der Waals surface area (Å²) < 4.78 is 13.7. The molecule has 2 atom stereocenters. The van der Waals surface area contributed by atoms with Gasteiger partial charge in [0.05, 0.1) is 23.9 Å². The lowest BCUT2D eigenvalue weighted by atomic mass is 10.0. The van der Waals surface area contributed by atoms with E-state index in [2.05, 4.69) is 9.55 Å². The van der Waals surface area contributed by atoms with Crippen LogP contribution in [0, 0.1) is 0 Å². The average molecular weight is 551 g/mol. The Kier molecular flexibility index (Phi) is 9.06. The molecular formula is C29H31ClN4O5. The maximum absolute atomic E-state index is 12.7. The van der Waals surface area contributed by atoms with E-state index in [1.54, 1.807) is 0 Å². The Morgan fingerprint density at radius 1 is 1.05 bits per heavy atom. The second-order valence-corrected chi connectivity index (χ2v) is 9.30. The van der Waals surface area contributed by atoms with Gasteiger partial charge >= 0.3 is 12.1 Å².